The highest BCUT2D eigenvalue weighted by molar-refractivity contribution is 7.22. The van der Waals surface area contributed by atoms with E-state index in [4.69, 9.17) is 4.98 Å². The predicted molar refractivity (Wildman–Crippen MR) is 101 cm³/mol. The molecule has 0 saturated carbocycles. The average Bonchev–Trinajstić information content (AvgIpc) is 3.25. The third kappa shape index (κ3) is 2.97. The number of thiophene rings is 1. The summed E-state index contributed by atoms with van der Waals surface area (Å²) in [7, 11) is 0. The highest BCUT2D eigenvalue weighted by Crippen LogP contribution is 2.31. The first kappa shape index (κ1) is 15.4. The maximum atomic E-state index is 12.3. The van der Waals surface area contributed by atoms with E-state index in [1.54, 1.807) is 11.3 Å². The number of hydrogen-bond donors (Lipinski definition) is 1. The molecule has 4 rings (SSSR count). The van der Waals surface area contributed by atoms with Crippen LogP contribution in [0.3, 0.4) is 0 Å². The van der Waals surface area contributed by atoms with E-state index < -0.39 is 0 Å². The number of para-hydroxylation sites is 1. The number of fused-ring (bicyclic) bond motifs is 1. The van der Waals surface area contributed by atoms with E-state index in [0.29, 0.717) is 13.1 Å². The SMILES string of the molecule is Cc1cccc2sc(N3CCN(C(=O)Nc4cccs4)CC3)nc12. The lowest BCUT2D eigenvalue weighted by Crippen LogP contribution is -2.50. The Labute approximate surface area is 148 Å². The molecule has 124 valence electrons. The fourth-order valence-electron chi connectivity index (χ4n) is 2.84. The molecule has 1 saturated heterocycles. The molecule has 2 amide bonds. The molecular formula is C17H18N4OS2. The normalized spacial score (nSPS) is 15.0. The van der Waals surface area contributed by atoms with Crippen molar-refractivity contribution in [2.45, 2.75) is 6.92 Å². The number of carbonyl (C=O) groups is 1. The number of piperazine rings is 1. The Kier molecular flexibility index (Phi) is 4.12. The second-order valence-electron chi connectivity index (χ2n) is 5.80. The van der Waals surface area contributed by atoms with Crippen molar-refractivity contribution < 1.29 is 4.79 Å². The lowest BCUT2D eigenvalue weighted by molar-refractivity contribution is 0.208. The molecule has 0 aliphatic carbocycles. The molecule has 1 fully saturated rings. The topological polar surface area (TPSA) is 48.5 Å². The number of urea groups is 1. The number of thiazole rings is 1. The molecule has 0 bridgehead atoms. The van der Waals surface area contributed by atoms with Gasteiger partial charge in [-0.3, -0.25) is 5.32 Å². The summed E-state index contributed by atoms with van der Waals surface area (Å²) < 4.78 is 1.22. The summed E-state index contributed by atoms with van der Waals surface area (Å²) in [6.07, 6.45) is 0. The number of carbonyl (C=O) groups excluding carboxylic acids is 1. The molecule has 2 aromatic heterocycles. The summed E-state index contributed by atoms with van der Waals surface area (Å²) in [5.74, 6) is 0. The average molecular weight is 358 g/mol. The van der Waals surface area contributed by atoms with Crippen LogP contribution in [0.25, 0.3) is 10.2 Å². The first-order chi connectivity index (χ1) is 11.7. The van der Waals surface area contributed by atoms with Gasteiger partial charge in [-0.2, -0.15) is 0 Å². The number of anilines is 2. The highest BCUT2D eigenvalue weighted by atomic mass is 32.1. The van der Waals surface area contributed by atoms with Crippen molar-refractivity contribution >= 4 is 49.1 Å². The van der Waals surface area contributed by atoms with Gasteiger partial charge >= 0.3 is 6.03 Å². The van der Waals surface area contributed by atoms with Crippen LogP contribution in [0.15, 0.2) is 35.7 Å². The van der Waals surface area contributed by atoms with E-state index >= 15 is 0 Å². The van der Waals surface area contributed by atoms with Crippen LogP contribution in [0.4, 0.5) is 14.9 Å². The predicted octanol–water partition coefficient (Wildman–Crippen LogP) is 4.02. The van der Waals surface area contributed by atoms with Gasteiger partial charge in [0.15, 0.2) is 5.13 Å². The van der Waals surface area contributed by atoms with E-state index in [-0.39, 0.29) is 6.03 Å². The molecule has 1 aliphatic rings. The zero-order valence-corrected chi connectivity index (χ0v) is 15.0. The van der Waals surface area contributed by atoms with Gasteiger partial charge in [-0.15, -0.1) is 11.3 Å². The number of hydrogen-bond acceptors (Lipinski definition) is 5. The third-order valence-corrected chi connectivity index (χ3v) is 6.06. The fourth-order valence-corrected chi connectivity index (χ4v) is 4.55. The van der Waals surface area contributed by atoms with E-state index in [0.717, 1.165) is 28.7 Å². The first-order valence-electron chi connectivity index (χ1n) is 7.91. The Bertz CT molecular complexity index is 851. The molecule has 1 N–H and O–H groups in total. The molecule has 0 radical (unpaired) electrons. The zero-order valence-electron chi connectivity index (χ0n) is 13.4. The Morgan fingerprint density at radius 2 is 2.00 bits per heavy atom. The molecule has 5 nitrogen and oxygen atoms in total. The number of aryl methyl sites for hydroxylation is 1. The number of amides is 2. The second-order valence-corrected chi connectivity index (χ2v) is 7.76. The maximum Gasteiger partial charge on any atom is 0.322 e. The number of nitrogens with zero attached hydrogens (tertiary/aromatic N) is 3. The van der Waals surface area contributed by atoms with Crippen molar-refractivity contribution in [3.05, 3.63) is 41.3 Å². The lowest BCUT2D eigenvalue weighted by Gasteiger charge is -2.34. The van der Waals surface area contributed by atoms with Gasteiger partial charge in [-0.1, -0.05) is 23.5 Å². The Morgan fingerprint density at radius 1 is 1.17 bits per heavy atom. The van der Waals surface area contributed by atoms with Crippen LogP contribution >= 0.6 is 22.7 Å². The van der Waals surface area contributed by atoms with Gasteiger partial charge in [0, 0.05) is 26.2 Å². The quantitative estimate of drug-likeness (QED) is 0.753. The summed E-state index contributed by atoms with van der Waals surface area (Å²) in [4.78, 5) is 21.2. The lowest BCUT2D eigenvalue weighted by atomic mass is 10.2. The molecule has 3 aromatic rings. The van der Waals surface area contributed by atoms with E-state index in [2.05, 4.69) is 35.3 Å². The monoisotopic (exact) mass is 358 g/mol. The van der Waals surface area contributed by atoms with Crippen molar-refractivity contribution in [3.63, 3.8) is 0 Å². The highest BCUT2D eigenvalue weighted by Gasteiger charge is 2.23. The van der Waals surface area contributed by atoms with Gasteiger partial charge in [0.1, 0.15) is 0 Å². The molecule has 3 heterocycles. The summed E-state index contributed by atoms with van der Waals surface area (Å²) in [5.41, 5.74) is 2.30. The van der Waals surface area contributed by atoms with E-state index in [9.17, 15) is 4.79 Å². The van der Waals surface area contributed by atoms with Gasteiger partial charge in [0.25, 0.3) is 0 Å². The molecule has 0 unspecified atom stereocenters. The summed E-state index contributed by atoms with van der Waals surface area (Å²) >= 11 is 3.27. The molecular weight excluding hydrogens is 340 g/mol. The Balaban J connectivity index is 1.41. The van der Waals surface area contributed by atoms with Crippen molar-refractivity contribution in [2.24, 2.45) is 0 Å². The van der Waals surface area contributed by atoms with Crippen LogP contribution in [0.5, 0.6) is 0 Å². The number of benzene rings is 1. The van der Waals surface area contributed by atoms with Gasteiger partial charge in [0.2, 0.25) is 0 Å². The van der Waals surface area contributed by atoms with Crippen LogP contribution in [0.2, 0.25) is 0 Å². The summed E-state index contributed by atoms with van der Waals surface area (Å²) in [6.45, 7) is 5.16. The van der Waals surface area contributed by atoms with Crippen LogP contribution < -0.4 is 10.2 Å². The number of nitrogens with one attached hydrogen (secondary N) is 1. The van der Waals surface area contributed by atoms with E-state index in [1.165, 1.54) is 21.6 Å². The van der Waals surface area contributed by atoms with Gasteiger partial charge in [-0.25, -0.2) is 9.78 Å². The summed E-state index contributed by atoms with van der Waals surface area (Å²) in [6, 6.07) is 10.1. The van der Waals surface area contributed by atoms with Gasteiger partial charge in [-0.05, 0) is 36.1 Å². The van der Waals surface area contributed by atoms with E-state index in [1.807, 2.05) is 22.4 Å². The van der Waals surface area contributed by atoms with Crippen LogP contribution in [-0.2, 0) is 0 Å². The molecule has 0 atom stereocenters. The van der Waals surface area contributed by atoms with Gasteiger partial charge < -0.3 is 9.80 Å². The number of aromatic nitrogens is 1. The smallest absolute Gasteiger partial charge is 0.322 e. The van der Waals surface area contributed by atoms with Crippen molar-refractivity contribution in [2.75, 3.05) is 36.4 Å². The third-order valence-electron chi connectivity index (χ3n) is 4.20. The van der Waals surface area contributed by atoms with Crippen molar-refractivity contribution in [1.82, 2.24) is 9.88 Å². The molecule has 7 heteroatoms. The van der Waals surface area contributed by atoms with Gasteiger partial charge in [0.05, 0.1) is 15.2 Å². The van der Waals surface area contributed by atoms with Crippen molar-refractivity contribution in [1.29, 1.82) is 0 Å². The molecule has 1 aliphatic heterocycles. The Hall–Kier alpha value is -2.12. The fraction of sp³-hybridized carbons (Fsp3) is 0.294. The largest absolute Gasteiger partial charge is 0.345 e. The van der Waals surface area contributed by atoms with Crippen LogP contribution in [0, 0.1) is 6.92 Å². The summed E-state index contributed by atoms with van der Waals surface area (Å²) in [5, 5.41) is 6.86. The maximum absolute atomic E-state index is 12.3. The standard InChI is InChI=1S/C17H18N4OS2/c1-12-4-2-5-13-15(12)19-17(24-13)21-9-7-20(8-10-21)16(22)18-14-6-3-11-23-14/h2-6,11H,7-10H2,1H3,(H,18,22). The van der Waals surface area contributed by atoms with Crippen LogP contribution in [0.1, 0.15) is 5.56 Å². The second kappa shape index (κ2) is 6.41. The number of rotatable bonds is 2. The molecule has 1 aromatic carbocycles. The molecule has 0 spiro atoms. The Morgan fingerprint density at radius 3 is 2.71 bits per heavy atom. The zero-order chi connectivity index (χ0) is 16.5. The van der Waals surface area contributed by atoms with Crippen LogP contribution in [-0.4, -0.2) is 42.1 Å². The minimum Gasteiger partial charge on any atom is -0.345 e. The molecule has 24 heavy (non-hydrogen) atoms. The minimum atomic E-state index is -0.0164. The minimum absolute atomic E-state index is 0.0164. The van der Waals surface area contributed by atoms with Crippen molar-refractivity contribution in [3.8, 4) is 0 Å². The first-order valence-corrected chi connectivity index (χ1v) is 9.61.